The smallest absolute Gasteiger partial charge is 0.412 e. The van der Waals surface area contributed by atoms with E-state index in [-0.39, 0.29) is 11.3 Å². The van der Waals surface area contributed by atoms with Crippen molar-refractivity contribution >= 4 is 29.4 Å². The van der Waals surface area contributed by atoms with Crippen molar-refractivity contribution in [3.63, 3.8) is 0 Å². The molecule has 0 saturated carbocycles. The molecule has 7 heteroatoms. The van der Waals surface area contributed by atoms with E-state index in [9.17, 15) is 14.7 Å². The van der Waals surface area contributed by atoms with Gasteiger partial charge in [0.25, 0.3) is 0 Å². The highest BCUT2D eigenvalue weighted by Crippen LogP contribution is 2.29. The number of amides is 1. The Labute approximate surface area is 127 Å². The predicted octanol–water partition coefficient (Wildman–Crippen LogP) is 3.20. The number of carbonyl (C=O) groups is 2. The number of halogens is 1. The highest BCUT2D eigenvalue weighted by molar-refractivity contribution is 6.30. The van der Waals surface area contributed by atoms with Crippen molar-refractivity contribution in [2.24, 2.45) is 0 Å². The Morgan fingerprint density at radius 3 is 2.52 bits per heavy atom. The van der Waals surface area contributed by atoms with E-state index in [4.69, 9.17) is 21.4 Å². The van der Waals surface area contributed by atoms with Gasteiger partial charge in [0.2, 0.25) is 0 Å². The van der Waals surface area contributed by atoms with E-state index in [1.165, 1.54) is 18.2 Å². The summed E-state index contributed by atoms with van der Waals surface area (Å²) < 4.78 is 5.11. The van der Waals surface area contributed by atoms with Crippen molar-refractivity contribution in [1.29, 1.82) is 0 Å². The van der Waals surface area contributed by atoms with Gasteiger partial charge in [-0.1, -0.05) is 11.6 Å². The van der Waals surface area contributed by atoms with Gasteiger partial charge < -0.3 is 14.9 Å². The lowest BCUT2D eigenvalue weighted by atomic mass is 10.0. The molecule has 0 aliphatic carbocycles. The number of aliphatic carboxylic acids is 1. The number of ether oxygens (including phenoxy) is 1. The fourth-order valence-electron chi connectivity index (χ4n) is 1.61. The zero-order valence-corrected chi connectivity index (χ0v) is 12.8. The Hall–Kier alpha value is -1.79. The summed E-state index contributed by atoms with van der Waals surface area (Å²) >= 11 is 5.84. The Bertz CT molecular complexity index is 539. The van der Waals surface area contributed by atoms with E-state index in [1.54, 1.807) is 20.8 Å². The topological polar surface area (TPSA) is 95.9 Å². The quantitative estimate of drug-likeness (QED) is 0.793. The molecule has 1 rings (SSSR count). The Morgan fingerprint density at radius 1 is 1.38 bits per heavy atom. The van der Waals surface area contributed by atoms with Gasteiger partial charge in [-0.2, -0.15) is 0 Å². The first-order valence-electron chi connectivity index (χ1n) is 6.28. The molecule has 21 heavy (non-hydrogen) atoms. The lowest BCUT2D eigenvalue weighted by Crippen LogP contribution is -2.27. The molecular weight excluding hydrogens is 298 g/mol. The summed E-state index contributed by atoms with van der Waals surface area (Å²) in [5.74, 6) is -1.16. The summed E-state index contributed by atoms with van der Waals surface area (Å²) in [6.07, 6.45) is -2.48. The fraction of sp³-hybridized carbons (Fsp3) is 0.429. The normalized spacial score (nSPS) is 12.6. The standard InChI is InChI=1S/C14H18ClNO5/c1-14(2,3)21-13(20)16-10-5-4-8(15)6-9(10)11(17)7-12(18)19/h4-6,11,17H,7H2,1-3H3,(H,16,20)(H,18,19)/t11-/m1/s1. The summed E-state index contributed by atoms with van der Waals surface area (Å²) in [4.78, 5) is 22.4. The minimum absolute atomic E-state index is 0.218. The number of aliphatic hydroxyl groups is 1. The van der Waals surface area contributed by atoms with Crippen molar-refractivity contribution < 1.29 is 24.5 Å². The number of carboxylic acids is 1. The Balaban J connectivity index is 2.96. The lowest BCUT2D eigenvalue weighted by molar-refractivity contribution is -0.139. The number of aliphatic hydroxyl groups excluding tert-OH is 1. The van der Waals surface area contributed by atoms with Crippen LogP contribution in [0.25, 0.3) is 0 Å². The molecule has 0 aliphatic heterocycles. The molecule has 0 bridgehead atoms. The van der Waals surface area contributed by atoms with Gasteiger partial charge in [-0.3, -0.25) is 10.1 Å². The number of rotatable bonds is 4. The van der Waals surface area contributed by atoms with Crippen molar-refractivity contribution in [3.05, 3.63) is 28.8 Å². The molecule has 1 aromatic carbocycles. The minimum atomic E-state index is -1.29. The Kier molecular flexibility index (Phi) is 5.57. The molecule has 0 fully saturated rings. The van der Waals surface area contributed by atoms with Crippen molar-refractivity contribution in [3.8, 4) is 0 Å². The molecule has 0 aliphatic rings. The third-order valence-corrected chi connectivity index (χ3v) is 2.61. The van der Waals surface area contributed by atoms with Crippen LogP contribution in [0.1, 0.15) is 38.9 Å². The van der Waals surface area contributed by atoms with Gasteiger partial charge in [0.05, 0.1) is 12.5 Å². The van der Waals surface area contributed by atoms with E-state index in [1.807, 2.05) is 0 Å². The summed E-state index contributed by atoms with van der Waals surface area (Å²) in [7, 11) is 0. The SMILES string of the molecule is CC(C)(C)OC(=O)Nc1ccc(Cl)cc1[C@H](O)CC(=O)O. The van der Waals surface area contributed by atoms with Gasteiger partial charge in [0.1, 0.15) is 5.60 Å². The van der Waals surface area contributed by atoms with Crippen molar-refractivity contribution in [2.45, 2.75) is 38.9 Å². The van der Waals surface area contributed by atoms with Gasteiger partial charge in [-0.15, -0.1) is 0 Å². The number of benzene rings is 1. The molecule has 0 spiro atoms. The number of carboxylic acid groups (broad SMARTS) is 1. The third kappa shape index (κ3) is 6.01. The highest BCUT2D eigenvalue weighted by atomic mass is 35.5. The fourth-order valence-corrected chi connectivity index (χ4v) is 1.79. The molecule has 1 aromatic rings. The number of hydrogen-bond acceptors (Lipinski definition) is 4. The van der Waals surface area contributed by atoms with Crippen LogP contribution in [0.15, 0.2) is 18.2 Å². The molecule has 0 radical (unpaired) electrons. The summed E-state index contributed by atoms with van der Waals surface area (Å²) in [6, 6.07) is 4.40. The molecule has 3 N–H and O–H groups in total. The van der Waals surface area contributed by atoms with Crippen LogP contribution in [0.4, 0.5) is 10.5 Å². The van der Waals surface area contributed by atoms with E-state index in [0.29, 0.717) is 5.02 Å². The van der Waals surface area contributed by atoms with Gasteiger partial charge in [-0.05, 0) is 39.0 Å². The molecule has 6 nitrogen and oxygen atoms in total. The van der Waals surface area contributed by atoms with Crippen LogP contribution >= 0.6 is 11.6 Å². The molecule has 116 valence electrons. The first kappa shape index (κ1) is 17.3. The molecule has 0 unspecified atom stereocenters. The molecular formula is C14H18ClNO5. The van der Waals surface area contributed by atoms with E-state index < -0.39 is 30.2 Å². The van der Waals surface area contributed by atoms with Crippen LogP contribution in [0.3, 0.4) is 0 Å². The van der Waals surface area contributed by atoms with E-state index in [2.05, 4.69) is 5.32 Å². The molecule has 0 aromatic heterocycles. The number of anilines is 1. The van der Waals surface area contributed by atoms with Crippen LogP contribution < -0.4 is 5.32 Å². The minimum Gasteiger partial charge on any atom is -0.481 e. The van der Waals surface area contributed by atoms with Crippen LogP contribution in [0, 0.1) is 0 Å². The monoisotopic (exact) mass is 315 g/mol. The zero-order chi connectivity index (χ0) is 16.2. The average molecular weight is 316 g/mol. The largest absolute Gasteiger partial charge is 0.481 e. The summed E-state index contributed by atoms with van der Waals surface area (Å²) in [5.41, 5.74) is -0.200. The predicted molar refractivity (Wildman–Crippen MR) is 78.5 cm³/mol. The maximum atomic E-state index is 11.7. The highest BCUT2D eigenvalue weighted by Gasteiger charge is 2.20. The summed E-state index contributed by atoms with van der Waals surface area (Å²) in [6.45, 7) is 5.15. The third-order valence-electron chi connectivity index (χ3n) is 2.38. The first-order valence-corrected chi connectivity index (χ1v) is 6.65. The van der Waals surface area contributed by atoms with Gasteiger partial charge in [0, 0.05) is 16.3 Å². The maximum absolute atomic E-state index is 11.7. The van der Waals surface area contributed by atoms with Crippen LogP contribution in [-0.4, -0.2) is 27.9 Å². The van der Waals surface area contributed by atoms with Crippen LogP contribution in [0.5, 0.6) is 0 Å². The molecule has 1 amide bonds. The van der Waals surface area contributed by atoms with Crippen LogP contribution in [0.2, 0.25) is 5.02 Å². The van der Waals surface area contributed by atoms with Gasteiger partial charge in [0.15, 0.2) is 0 Å². The molecule has 0 heterocycles. The van der Waals surface area contributed by atoms with E-state index >= 15 is 0 Å². The molecule has 0 saturated heterocycles. The first-order chi connectivity index (χ1) is 9.58. The number of carbonyl (C=O) groups excluding carboxylic acids is 1. The average Bonchev–Trinajstić information content (AvgIpc) is 2.27. The Morgan fingerprint density at radius 2 is 2.00 bits per heavy atom. The van der Waals surface area contributed by atoms with Crippen LogP contribution in [-0.2, 0) is 9.53 Å². The molecule has 1 atom stereocenters. The van der Waals surface area contributed by atoms with Crippen molar-refractivity contribution in [1.82, 2.24) is 0 Å². The van der Waals surface area contributed by atoms with Gasteiger partial charge >= 0.3 is 12.1 Å². The maximum Gasteiger partial charge on any atom is 0.412 e. The van der Waals surface area contributed by atoms with E-state index in [0.717, 1.165) is 0 Å². The van der Waals surface area contributed by atoms with Gasteiger partial charge in [-0.25, -0.2) is 4.79 Å². The van der Waals surface area contributed by atoms with Crippen molar-refractivity contribution in [2.75, 3.05) is 5.32 Å². The second-order valence-electron chi connectivity index (χ2n) is 5.47. The zero-order valence-electron chi connectivity index (χ0n) is 12.0. The second-order valence-corrected chi connectivity index (χ2v) is 5.91. The summed E-state index contributed by atoms with van der Waals surface area (Å²) in [5, 5.41) is 21.4. The number of hydrogen-bond donors (Lipinski definition) is 3. The lowest BCUT2D eigenvalue weighted by Gasteiger charge is -2.21. The second kappa shape index (κ2) is 6.78. The number of nitrogens with one attached hydrogen (secondary N) is 1.